The van der Waals surface area contributed by atoms with Crippen molar-refractivity contribution in [2.45, 2.75) is 38.8 Å². The number of nitrogens with zero attached hydrogens (tertiary/aromatic N) is 1. The van der Waals surface area contributed by atoms with Gasteiger partial charge >= 0.3 is 0 Å². The first-order valence-electron chi connectivity index (χ1n) is 6.86. The molecule has 2 atom stereocenters. The number of amides is 2. The van der Waals surface area contributed by atoms with Crippen molar-refractivity contribution in [2.75, 3.05) is 6.54 Å². The van der Waals surface area contributed by atoms with Crippen molar-refractivity contribution in [1.82, 2.24) is 10.2 Å². The number of carbonyl (C=O) groups is 2. The minimum absolute atomic E-state index is 0.0408. The number of halogens is 1. The van der Waals surface area contributed by atoms with Gasteiger partial charge in [0.25, 0.3) is 0 Å². The van der Waals surface area contributed by atoms with Crippen LogP contribution >= 0.6 is 0 Å². The highest BCUT2D eigenvalue weighted by molar-refractivity contribution is 6.05. The van der Waals surface area contributed by atoms with Crippen molar-refractivity contribution in [1.29, 1.82) is 0 Å². The molecule has 108 valence electrons. The number of carbonyl (C=O) groups excluding carboxylic acids is 2. The average Bonchev–Trinajstić information content (AvgIpc) is 2.67. The number of hydrogen-bond donors (Lipinski definition) is 1. The molecule has 0 aromatic heterocycles. The van der Waals surface area contributed by atoms with Gasteiger partial charge in [-0.1, -0.05) is 12.1 Å². The standard InChI is InChI=1S/C15H19FN2O2/c1-3-18-14(19)9-13(15(18)20)17-10(2)8-11-4-6-12(16)7-5-11/h4-7,10,13,17H,3,8-9H2,1-2H3. The molecule has 5 heteroatoms. The van der Waals surface area contributed by atoms with Crippen molar-refractivity contribution < 1.29 is 14.0 Å². The molecule has 1 aliphatic rings. The lowest BCUT2D eigenvalue weighted by Gasteiger charge is -2.18. The van der Waals surface area contributed by atoms with Crippen molar-refractivity contribution in [3.8, 4) is 0 Å². The molecule has 2 unspecified atom stereocenters. The van der Waals surface area contributed by atoms with Crippen LogP contribution in [0.2, 0.25) is 0 Å². The Morgan fingerprint density at radius 3 is 2.55 bits per heavy atom. The summed E-state index contributed by atoms with van der Waals surface area (Å²) < 4.78 is 12.8. The number of benzene rings is 1. The van der Waals surface area contributed by atoms with Gasteiger partial charge in [-0.3, -0.25) is 14.5 Å². The molecule has 0 spiro atoms. The lowest BCUT2D eigenvalue weighted by Crippen LogP contribution is -2.43. The Bertz CT molecular complexity index is 501. The minimum atomic E-state index is -0.433. The molecule has 4 nitrogen and oxygen atoms in total. The molecule has 1 aromatic rings. The second-order valence-corrected chi connectivity index (χ2v) is 5.13. The van der Waals surface area contributed by atoms with E-state index >= 15 is 0 Å². The Morgan fingerprint density at radius 1 is 1.35 bits per heavy atom. The first-order valence-corrected chi connectivity index (χ1v) is 6.86. The number of imide groups is 1. The van der Waals surface area contributed by atoms with Crippen molar-refractivity contribution in [3.05, 3.63) is 35.6 Å². The largest absolute Gasteiger partial charge is 0.303 e. The highest BCUT2D eigenvalue weighted by Gasteiger charge is 2.37. The molecule has 1 aromatic carbocycles. The molecular formula is C15H19FN2O2. The van der Waals surface area contributed by atoms with Gasteiger partial charge in [-0.2, -0.15) is 0 Å². The molecule has 20 heavy (non-hydrogen) atoms. The predicted molar refractivity (Wildman–Crippen MR) is 73.5 cm³/mol. The van der Waals surface area contributed by atoms with E-state index in [1.807, 2.05) is 6.92 Å². The number of nitrogens with one attached hydrogen (secondary N) is 1. The topological polar surface area (TPSA) is 49.4 Å². The molecule has 0 radical (unpaired) electrons. The summed E-state index contributed by atoms with van der Waals surface area (Å²) >= 11 is 0. The quantitative estimate of drug-likeness (QED) is 0.830. The van der Waals surface area contributed by atoms with E-state index in [2.05, 4.69) is 5.32 Å². The molecule has 2 rings (SSSR count). The summed E-state index contributed by atoms with van der Waals surface area (Å²) in [5, 5.41) is 3.18. The summed E-state index contributed by atoms with van der Waals surface area (Å²) in [4.78, 5) is 24.9. The smallest absolute Gasteiger partial charge is 0.246 e. The van der Waals surface area contributed by atoms with Gasteiger partial charge in [0, 0.05) is 12.6 Å². The van der Waals surface area contributed by atoms with E-state index < -0.39 is 6.04 Å². The molecule has 2 amide bonds. The van der Waals surface area contributed by atoms with Gasteiger partial charge in [0.1, 0.15) is 5.82 Å². The molecule has 1 N–H and O–H groups in total. The number of likely N-dealkylation sites (N-methyl/N-ethyl adjacent to an activating group) is 1. The van der Waals surface area contributed by atoms with E-state index in [0.29, 0.717) is 13.0 Å². The summed E-state index contributed by atoms with van der Waals surface area (Å²) in [6, 6.07) is 5.91. The van der Waals surface area contributed by atoms with Crippen LogP contribution in [0.1, 0.15) is 25.8 Å². The predicted octanol–water partition coefficient (Wildman–Crippen LogP) is 1.49. The highest BCUT2D eigenvalue weighted by Crippen LogP contribution is 2.14. The number of hydrogen-bond acceptors (Lipinski definition) is 3. The molecule has 1 saturated heterocycles. The fourth-order valence-electron chi connectivity index (χ4n) is 2.52. The van der Waals surface area contributed by atoms with Crippen LogP contribution in [-0.4, -0.2) is 35.3 Å². The second kappa shape index (κ2) is 6.13. The van der Waals surface area contributed by atoms with Crippen LogP contribution in [-0.2, 0) is 16.0 Å². The normalized spacial score (nSPS) is 20.6. The van der Waals surface area contributed by atoms with Gasteiger partial charge < -0.3 is 5.32 Å². The van der Waals surface area contributed by atoms with Crippen LogP contribution in [0.5, 0.6) is 0 Å². The molecule has 1 heterocycles. The first-order chi connectivity index (χ1) is 9.51. The fourth-order valence-corrected chi connectivity index (χ4v) is 2.52. The van der Waals surface area contributed by atoms with Gasteiger partial charge in [-0.15, -0.1) is 0 Å². The maximum absolute atomic E-state index is 12.8. The van der Waals surface area contributed by atoms with Gasteiger partial charge in [0.15, 0.2) is 0 Å². The van der Waals surface area contributed by atoms with Gasteiger partial charge in [0.05, 0.1) is 12.5 Å². The maximum atomic E-state index is 12.8. The third kappa shape index (κ3) is 3.22. The van der Waals surface area contributed by atoms with Crippen LogP contribution in [0.25, 0.3) is 0 Å². The summed E-state index contributed by atoms with van der Waals surface area (Å²) in [6.07, 6.45) is 0.908. The fraction of sp³-hybridized carbons (Fsp3) is 0.467. The maximum Gasteiger partial charge on any atom is 0.246 e. The van der Waals surface area contributed by atoms with Gasteiger partial charge in [-0.05, 0) is 38.0 Å². The molecule has 0 saturated carbocycles. The van der Waals surface area contributed by atoms with Crippen LogP contribution in [0.15, 0.2) is 24.3 Å². The number of rotatable bonds is 5. The van der Waals surface area contributed by atoms with E-state index in [1.54, 1.807) is 19.1 Å². The first kappa shape index (κ1) is 14.7. The summed E-state index contributed by atoms with van der Waals surface area (Å²) in [7, 11) is 0. The van der Waals surface area contributed by atoms with Crippen LogP contribution < -0.4 is 5.32 Å². The van der Waals surface area contributed by atoms with Crippen LogP contribution in [0.4, 0.5) is 4.39 Å². The van der Waals surface area contributed by atoms with E-state index in [1.165, 1.54) is 17.0 Å². The Kier molecular flexibility index (Phi) is 4.49. The SMILES string of the molecule is CCN1C(=O)CC(NC(C)Cc2ccc(F)cc2)C1=O. The molecule has 0 bridgehead atoms. The highest BCUT2D eigenvalue weighted by atomic mass is 19.1. The molecule has 1 fully saturated rings. The molecule has 1 aliphatic heterocycles. The van der Waals surface area contributed by atoms with E-state index in [-0.39, 0.29) is 30.1 Å². The average molecular weight is 278 g/mol. The number of likely N-dealkylation sites (tertiary alicyclic amines) is 1. The summed E-state index contributed by atoms with van der Waals surface area (Å²) in [5.74, 6) is -0.531. The van der Waals surface area contributed by atoms with Gasteiger partial charge in [-0.25, -0.2) is 4.39 Å². The molecular weight excluding hydrogens is 259 g/mol. The minimum Gasteiger partial charge on any atom is -0.303 e. The van der Waals surface area contributed by atoms with Crippen LogP contribution in [0, 0.1) is 5.82 Å². The Morgan fingerprint density at radius 2 is 2.00 bits per heavy atom. The Balaban J connectivity index is 1.92. The van der Waals surface area contributed by atoms with Crippen molar-refractivity contribution in [2.24, 2.45) is 0 Å². The lowest BCUT2D eigenvalue weighted by atomic mass is 10.1. The van der Waals surface area contributed by atoms with Crippen molar-refractivity contribution >= 4 is 11.8 Å². The zero-order valence-corrected chi connectivity index (χ0v) is 11.7. The van der Waals surface area contributed by atoms with E-state index in [9.17, 15) is 14.0 Å². The van der Waals surface area contributed by atoms with E-state index in [4.69, 9.17) is 0 Å². The lowest BCUT2D eigenvalue weighted by molar-refractivity contribution is -0.138. The zero-order valence-electron chi connectivity index (χ0n) is 11.7. The summed E-state index contributed by atoms with van der Waals surface area (Å²) in [6.45, 7) is 4.16. The van der Waals surface area contributed by atoms with Crippen LogP contribution in [0.3, 0.4) is 0 Å². The third-order valence-electron chi connectivity index (χ3n) is 3.50. The molecule has 0 aliphatic carbocycles. The van der Waals surface area contributed by atoms with E-state index in [0.717, 1.165) is 5.56 Å². The second-order valence-electron chi connectivity index (χ2n) is 5.13. The van der Waals surface area contributed by atoms with Crippen molar-refractivity contribution in [3.63, 3.8) is 0 Å². The zero-order chi connectivity index (χ0) is 14.7. The third-order valence-corrected chi connectivity index (χ3v) is 3.50. The summed E-state index contributed by atoms with van der Waals surface area (Å²) in [5.41, 5.74) is 0.996. The van der Waals surface area contributed by atoms with Gasteiger partial charge in [0.2, 0.25) is 11.8 Å². The monoisotopic (exact) mass is 278 g/mol. The Hall–Kier alpha value is -1.75. The Labute approximate surface area is 118 Å².